The van der Waals surface area contributed by atoms with Gasteiger partial charge in [-0.15, -0.1) is 11.6 Å². The van der Waals surface area contributed by atoms with Crippen molar-refractivity contribution < 1.29 is 36.7 Å². The van der Waals surface area contributed by atoms with Crippen molar-refractivity contribution in [1.82, 2.24) is 0 Å². The summed E-state index contributed by atoms with van der Waals surface area (Å²) in [4.78, 5) is 0. The second-order valence-electron chi connectivity index (χ2n) is 9.15. The quantitative estimate of drug-likeness (QED) is 0.146. The Morgan fingerprint density at radius 2 is 1.31 bits per heavy atom. The number of ether oxygens (including phenoxy) is 4. The molecule has 1 aliphatic rings. The van der Waals surface area contributed by atoms with Gasteiger partial charge < -0.3 is 24.1 Å². The number of hydrogen-bond acceptors (Lipinski definition) is 8. The highest BCUT2D eigenvalue weighted by atomic mass is 35.5. The van der Waals surface area contributed by atoms with E-state index in [2.05, 4.69) is 0 Å². The molecule has 0 spiro atoms. The van der Waals surface area contributed by atoms with Gasteiger partial charge in [0.15, 0.2) is 0 Å². The summed E-state index contributed by atoms with van der Waals surface area (Å²) >= 11 is 5.70. The first-order valence-corrected chi connectivity index (χ1v) is 14.8. The minimum atomic E-state index is -4.11. The average molecular weight is 577 g/mol. The number of halogens is 1. The van der Waals surface area contributed by atoms with Crippen LogP contribution in [0.25, 0.3) is 0 Å². The molecule has 0 radical (unpaired) electrons. The topological polar surface area (TPSA) is 104 Å². The van der Waals surface area contributed by atoms with Crippen molar-refractivity contribution in [3.63, 3.8) is 0 Å². The Labute approximate surface area is 234 Å². The van der Waals surface area contributed by atoms with Gasteiger partial charge in [-0.1, -0.05) is 91.0 Å². The molecule has 10 heteroatoms. The van der Waals surface area contributed by atoms with E-state index >= 15 is 0 Å². The van der Waals surface area contributed by atoms with E-state index in [0.29, 0.717) is 0 Å². The average Bonchev–Trinajstić information content (AvgIpc) is 3.75. The van der Waals surface area contributed by atoms with Crippen LogP contribution in [0.1, 0.15) is 16.7 Å². The maximum atomic E-state index is 12.6. The van der Waals surface area contributed by atoms with Gasteiger partial charge in [-0.05, 0) is 16.7 Å². The second kappa shape index (κ2) is 14.9. The van der Waals surface area contributed by atoms with Crippen molar-refractivity contribution in [2.24, 2.45) is 0 Å². The van der Waals surface area contributed by atoms with Gasteiger partial charge in [0, 0.05) is 0 Å². The lowest BCUT2D eigenvalue weighted by Crippen LogP contribution is -2.49. The van der Waals surface area contributed by atoms with E-state index < -0.39 is 45.8 Å². The Hall–Kier alpha value is -2.34. The van der Waals surface area contributed by atoms with Crippen LogP contribution in [0.2, 0.25) is 0 Å². The fourth-order valence-corrected chi connectivity index (χ4v) is 4.92. The van der Waals surface area contributed by atoms with Gasteiger partial charge in [0.05, 0.1) is 33.0 Å². The molecule has 1 unspecified atom stereocenters. The van der Waals surface area contributed by atoms with Crippen molar-refractivity contribution >= 4 is 21.7 Å². The Kier molecular flexibility index (Phi) is 11.3. The number of aliphatic hydroxyl groups is 1. The summed E-state index contributed by atoms with van der Waals surface area (Å²) in [6, 6.07) is 28.5. The molecule has 3 aromatic rings. The van der Waals surface area contributed by atoms with Gasteiger partial charge >= 0.3 is 0 Å². The fourth-order valence-electron chi connectivity index (χ4n) is 4.17. The lowest BCUT2D eigenvalue weighted by molar-refractivity contribution is -0.145. The van der Waals surface area contributed by atoms with Crippen LogP contribution >= 0.6 is 11.6 Å². The Balaban J connectivity index is 1.60. The number of hydrogen-bond donors (Lipinski definition) is 1. The third kappa shape index (κ3) is 9.37. The molecule has 0 bridgehead atoms. The normalized spacial score (nSPS) is 19.3. The van der Waals surface area contributed by atoms with Gasteiger partial charge in [-0.2, -0.15) is 8.42 Å². The fraction of sp³-hybridized carbons (Fsp3) is 0.379. The number of alkyl halides is 1. The van der Waals surface area contributed by atoms with Crippen LogP contribution in [0.4, 0.5) is 0 Å². The monoisotopic (exact) mass is 576 g/mol. The first kappa shape index (κ1) is 29.6. The predicted molar refractivity (Wildman–Crippen MR) is 146 cm³/mol. The third-order valence-corrected chi connectivity index (χ3v) is 7.79. The standard InChI is InChI=1S/C29H33ClO8S/c30-21-39(32,33)38-26(20-34-17-22-10-4-1-5-11-22)27(35-18-23-12-6-2-7-13-23)29(28-25(16-31)37-28)36-19-24-14-8-3-9-15-24/h1-15,25-29,31H,16-21H2/t25-,26+,27?,28+,29+/m1/s1. The molecule has 210 valence electrons. The largest absolute Gasteiger partial charge is 0.394 e. The van der Waals surface area contributed by atoms with Gasteiger partial charge in [0.1, 0.15) is 35.7 Å². The summed E-state index contributed by atoms with van der Waals surface area (Å²) in [5.74, 6) is 0. The van der Waals surface area contributed by atoms with E-state index in [-0.39, 0.29) is 33.0 Å². The maximum absolute atomic E-state index is 12.6. The van der Waals surface area contributed by atoms with E-state index in [0.717, 1.165) is 16.7 Å². The molecule has 1 N–H and O–H groups in total. The van der Waals surface area contributed by atoms with Crippen molar-refractivity contribution in [3.05, 3.63) is 108 Å². The molecule has 1 aliphatic heterocycles. The minimum absolute atomic E-state index is 0.119. The zero-order valence-electron chi connectivity index (χ0n) is 21.4. The van der Waals surface area contributed by atoms with Crippen LogP contribution in [-0.2, 0) is 53.1 Å². The van der Waals surface area contributed by atoms with Crippen LogP contribution in [0.3, 0.4) is 0 Å². The number of rotatable bonds is 17. The van der Waals surface area contributed by atoms with Crippen LogP contribution in [-0.4, -0.2) is 62.5 Å². The summed E-state index contributed by atoms with van der Waals surface area (Å²) in [6.45, 7) is 0.284. The molecule has 8 nitrogen and oxygen atoms in total. The van der Waals surface area contributed by atoms with E-state index in [9.17, 15) is 13.5 Å². The summed E-state index contributed by atoms with van der Waals surface area (Å²) in [7, 11) is -4.11. The Bertz CT molecular complexity index is 1210. The zero-order valence-corrected chi connectivity index (χ0v) is 23.0. The zero-order chi connectivity index (χ0) is 27.5. The lowest BCUT2D eigenvalue weighted by Gasteiger charge is -2.32. The van der Waals surface area contributed by atoms with E-state index in [4.69, 9.17) is 34.7 Å². The van der Waals surface area contributed by atoms with Crippen molar-refractivity contribution in [1.29, 1.82) is 0 Å². The molecule has 0 saturated carbocycles. The second-order valence-corrected chi connectivity index (χ2v) is 11.3. The third-order valence-electron chi connectivity index (χ3n) is 6.18. The highest BCUT2D eigenvalue weighted by molar-refractivity contribution is 7.87. The molecule has 39 heavy (non-hydrogen) atoms. The molecular weight excluding hydrogens is 544 g/mol. The van der Waals surface area contributed by atoms with Gasteiger partial charge in [0.25, 0.3) is 10.1 Å². The van der Waals surface area contributed by atoms with Crippen molar-refractivity contribution in [2.45, 2.75) is 50.3 Å². The summed E-state index contributed by atoms with van der Waals surface area (Å²) < 4.78 is 54.9. The number of epoxide rings is 1. The number of benzene rings is 3. The molecule has 0 aliphatic carbocycles. The van der Waals surface area contributed by atoms with Crippen molar-refractivity contribution in [3.8, 4) is 0 Å². The van der Waals surface area contributed by atoms with Crippen molar-refractivity contribution in [2.75, 3.05) is 18.4 Å². The van der Waals surface area contributed by atoms with Crippen LogP contribution in [0.5, 0.6) is 0 Å². The maximum Gasteiger partial charge on any atom is 0.281 e. The molecule has 1 fully saturated rings. The van der Waals surface area contributed by atoms with Crippen LogP contribution in [0, 0.1) is 0 Å². The van der Waals surface area contributed by atoms with E-state index in [1.54, 1.807) is 0 Å². The summed E-state index contributed by atoms with van der Waals surface area (Å²) in [5, 5.41) is 9.01. The van der Waals surface area contributed by atoms with Gasteiger partial charge in [-0.25, -0.2) is 0 Å². The molecule has 0 amide bonds. The summed E-state index contributed by atoms with van der Waals surface area (Å²) in [5.41, 5.74) is 2.71. The Morgan fingerprint density at radius 3 is 1.79 bits per heavy atom. The van der Waals surface area contributed by atoms with E-state index in [1.165, 1.54) is 0 Å². The molecule has 1 heterocycles. The molecule has 0 aromatic heterocycles. The molecule has 5 atom stereocenters. The van der Waals surface area contributed by atoms with Gasteiger partial charge in [-0.3, -0.25) is 4.18 Å². The van der Waals surface area contributed by atoms with Crippen LogP contribution < -0.4 is 0 Å². The highest BCUT2D eigenvalue weighted by Gasteiger charge is 2.51. The smallest absolute Gasteiger partial charge is 0.281 e. The van der Waals surface area contributed by atoms with Gasteiger partial charge in [0.2, 0.25) is 0 Å². The van der Waals surface area contributed by atoms with E-state index in [1.807, 2.05) is 91.0 Å². The first-order valence-electron chi connectivity index (χ1n) is 12.6. The molecule has 4 rings (SSSR count). The molecule has 1 saturated heterocycles. The molecular formula is C29H33ClO8S. The lowest BCUT2D eigenvalue weighted by atomic mass is 10.0. The predicted octanol–water partition coefficient (Wildman–Crippen LogP) is 4.05. The highest BCUT2D eigenvalue weighted by Crippen LogP contribution is 2.33. The summed E-state index contributed by atoms with van der Waals surface area (Å²) in [6.07, 6.45) is -3.82. The first-order chi connectivity index (χ1) is 19.0. The SMILES string of the molecule is O=S(=O)(CCl)O[C@@H](COCc1ccccc1)C(OCc1ccccc1)[C@H](OCc1ccccc1)[C@H]1O[C@@H]1CO. The van der Waals surface area contributed by atoms with Crippen LogP contribution in [0.15, 0.2) is 91.0 Å². The Morgan fingerprint density at radius 1 is 0.795 bits per heavy atom. The number of aliphatic hydroxyl groups excluding tert-OH is 1. The molecule has 3 aromatic carbocycles. The minimum Gasteiger partial charge on any atom is -0.394 e.